The number of rotatable bonds is 4. The predicted octanol–water partition coefficient (Wildman–Crippen LogP) is 5.46. The van der Waals surface area contributed by atoms with Gasteiger partial charge in [-0.2, -0.15) is 0 Å². The van der Waals surface area contributed by atoms with Crippen LogP contribution in [0.5, 0.6) is 0 Å². The van der Waals surface area contributed by atoms with Crippen LogP contribution in [0.3, 0.4) is 0 Å². The van der Waals surface area contributed by atoms with Crippen LogP contribution in [0.2, 0.25) is 0 Å². The second-order valence-electron chi connectivity index (χ2n) is 7.07. The number of hydrogen-bond acceptors (Lipinski definition) is 3. The molecule has 0 radical (unpaired) electrons. The highest BCUT2D eigenvalue weighted by Gasteiger charge is 2.39. The lowest BCUT2D eigenvalue weighted by Crippen LogP contribution is -2.34. The Balaban J connectivity index is 2.03. The van der Waals surface area contributed by atoms with Crippen LogP contribution >= 0.6 is 0 Å². The minimum absolute atomic E-state index is 0.123. The molecule has 0 aliphatic rings. The van der Waals surface area contributed by atoms with E-state index in [1.807, 2.05) is 18.2 Å². The van der Waals surface area contributed by atoms with E-state index < -0.39 is 0 Å². The molecule has 0 saturated carbocycles. The van der Waals surface area contributed by atoms with Crippen LogP contribution in [-0.2, 0) is 5.41 Å². The number of benzene rings is 2. The van der Waals surface area contributed by atoms with E-state index in [4.69, 9.17) is 4.42 Å². The SMILES string of the molecule is CC(C)C(C)(c1nnc(-c2ccc3ccccc3c2)o1)C(C)C. The Labute approximate surface area is 137 Å². The molecule has 3 rings (SSSR count). The monoisotopic (exact) mass is 308 g/mol. The number of aromatic nitrogens is 2. The van der Waals surface area contributed by atoms with E-state index in [0.29, 0.717) is 17.7 Å². The van der Waals surface area contributed by atoms with Crippen molar-refractivity contribution in [1.29, 1.82) is 0 Å². The third-order valence-electron chi connectivity index (χ3n) is 5.28. The van der Waals surface area contributed by atoms with E-state index in [1.165, 1.54) is 10.8 Å². The van der Waals surface area contributed by atoms with E-state index in [0.717, 1.165) is 11.5 Å². The Hall–Kier alpha value is -2.16. The summed E-state index contributed by atoms with van der Waals surface area (Å²) in [5.41, 5.74) is 0.847. The summed E-state index contributed by atoms with van der Waals surface area (Å²) >= 11 is 0. The van der Waals surface area contributed by atoms with Gasteiger partial charge in [0, 0.05) is 5.56 Å². The second-order valence-corrected chi connectivity index (χ2v) is 7.07. The molecule has 3 nitrogen and oxygen atoms in total. The van der Waals surface area contributed by atoms with Crippen molar-refractivity contribution >= 4 is 10.8 Å². The molecule has 120 valence electrons. The van der Waals surface area contributed by atoms with Crippen molar-refractivity contribution in [2.75, 3.05) is 0 Å². The van der Waals surface area contributed by atoms with Crippen molar-refractivity contribution in [3.8, 4) is 11.5 Å². The zero-order valence-electron chi connectivity index (χ0n) is 14.5. The van der Waals surface area contributed by atoms with Gasteiger partial charge in [0.05, 0.1) is 5.41 Å². The standard InChI is InChI=1S/C20H24N2O/c1-13(2)20(5,14(3)4)19-22-21-18(23-19)17-11-10-15-8-6-7-9-16(15)12-17/h6-14H,1-5H3. The molecule has 0 aliphatic carbocycles. The predicted molar refractivity (Wildman–Crippen MR) is 94.3 cm³/mol. The molecule has 2 aromatic carbocycles. The van der Waals surface area contributed by atoms with E-state index >= 15 is 0 Å². The molecule has 3 heteroatoms. The molecule has 0 unspecified atom stereocenters. The lowest BCUT2D eigenvalue weighted by atomic mass is 9.70. The third kappa shape index (κ3) is 2.65. The van der Waals surface area contributed by atoms with Gasteiger partial charge in [0.2, 0.25) is 11.8 Å². The average Bonchev–Trinajstić information content (AvgIpc) is 3.03. The Morgan fingerprint density at radius 2 is 1.52 bits per heavy atom. The van der Waals surface area contributed by atoms with Crippen LogP contribution in [0, 0.1) is 11.8 Å². The Morgan fingerprint density at radius 1 is 0.870 bits per heavy atom. The van der Waals surface area contributed by atoms with Crippen LogP contribution in [-0.4, -0.2) is 10.2 Å². The van der Waals surface area contributed by atoms with Crippen LogP contribution in [0.25, 0.3) is 22.2 Å². The summed E-state index contributed by atoms with van der Waals surface area (Å²) in [7, 11) is 0. The zero-order chi connectivity index (χ0) is 16.6. The Morgan fingerprint density at radius 3 is 2.17 bits per heavy atom. The normalized spacial score (nSPS) is 12.5. The fourth-order valence-corrected chi connectivity index (χ4v) is 3.04. The zero-order valence-corrected chi connectivity index (χ0v) is 14.5. The summed E-state index contributed by atoms with van der Waals surface area (Å²) < 4.78 is 6.08. The second kappa shape index (κ2) is 5.80. The molecule has 0 aliphatic heterocycles. The van der Waals surface area contributed by atoms with Gasteiger partial charge >= 0.3 is 0 Å². The van der Waals surface area contributed by atoms with Gasteiger partial charge in [-0.1, -0.05) is 65.0 Å². The first-order valence-corrected chi connectivity index (χ1v) is 8.26. The molecular weight excluding hydrogens is 284 g/mol. The molecule has 23 heavy (non-hydrogen) atoms. The molecule has 0 amide bonds. The van der Waals surface area contributed by atoms with Crippen molar-refractivity contribution in [2.45, 2.75) is 40.0 Å². The summed E-state index contributed by atoms with van der Waals surface area (Å²) in [5, 5.41) is 11.1. The van der Waals surface area contributed by atoms with Gasteiger partial charge in [-0.05, 0) is 34.7 Å². The molecule has 0 saturated heterocycles. The first kappa shape index (κ1) is 15.7. The lowest BCUT2D eigenvalue weighted by molar-refractivity contribution is 0.194. The van der Waals surface area contributed by atoms with Crippen molar-refractivity contribution in [3.05, 3.63) is 48.4 Å². The quantitative estimate of drug-likeness (QED) is 0.642. The van der Waals surface area contributed by atoms with Gasteiger partial charge in [0.25, 0.3) is 0 Å². The maximum atomic E-state index is 6.08. The summed E-state index contributed by atoms with van der Waals surface area (Å²) in [6, 6.07) is 14.5. The highest BCUT2D eigenvalue weighted by atomic mass is 16.4. The smallest absolute Gasteiger partial charge is 0.247 e. The van der Waals surface area contributed by atoms with Crippen molar-refractivity contribution in [2.24, 2.45) is 11.8 Å². The molecule has 0 fully saturated rings. The number of fused-ring (bicyclic) bond motifs is 1. The van der Waals surface area contributed by atoms with Crippen LogP contribution < -0.4 is 0 Å². The molecule has 0 bridgehead atoms. The maximum Gasteiger partial charge on any atom is 0.247 e. The summed E-state index contributed by atoms with van der Waals surface area (Å²) in [4.78, 5) is 0. The van der Waals surface area contributed by atoms with E-state index in [2.05, 4.69) is 69.1 Å². The van der Waals surface area contributed by atoms with Crippen molar-refractivity contribution in [3.63, 3.8) is 0 Å². The van der Waals surface area contributed by atoms with E-state index in [1.54, 1.807) is 0 Å². The average molecular weight is 308 g/mol. The summed E-state index contributed by atoms with van der Waals surface area (Å²) in [6.07, 6.45) is 0. The highest BCUT2D eigenvalue weighted by molar-refractivity contribution is 5.86. The van der Waals surface area contributed by atoms with Gasteiger partial charge in [0.1, 0.15) is 0 Å². The Kier molecular flexibility index (Phi) is 3.97. The van der Waals surface area contributed by atoms with Gasteiger partial charge in [-0.25, -0.2) is 0 Å². The maximum absolute atomic E-state index is 6.08. The molecule has 3 aromatic rings. The van der Waals surface area contributed by atoms with Crippen LogP contribution in [0.15, 0.2) is 46.9 Å². The molecular formula is C20H24N2O. The first-order chi connectivity index (χ1) is 10.9. The lowest BCUT2D eigenvalue weighted by Gasteiger charge is -2.34. The number of nitrogens with zero attached hydrogens (tertiary/aromatic N) is 2. The fourth-order valence-electron chi connectivity index (χ4n) is 3.04. The topological polar surface area (TPSA) is 38.9 Å². The van der Waals surface area contributed by atoms with E-state index in [9.17, 15) is 0 Å². The van der Waals surface area contributed by atoms with Gasteiger partial charge in [-0.15, -0.1) is 10.2 Å². The molecule has 0 spiro atoms. The van der Waals surface area contributed by atoms with Gasteiger partial charge in [0.15, 0.2) is 0 Å². The largest absolute Gasteiger partial charge is 0.420 e. The van der Waals surface area contributed by atoms with Crippen LogP contribution in [0.4, 0.5) is 0 Å². The molecule has 0 atom stereocenters. The highest BCUT2D eigenvalue weighted by Crippen LogP contribution is 2.39. The van der Waals surface area contributed by atoms with Gasteiger partial charge in [-0.3, -0.25) is 0 Å². The summed E-state index contributed by atoms with van der Waals surface area (Å²) in [5.74, 6) is 2.17. The fraction of sp³-hybridized carbons (Fsp3) is 0.400. The third-order valence-corrected chi connectivity index (χ3v) is 5.28. The Bertz CT molecular complexity index is 809. The summed E-state index contributed by atoms with van der Waals surface area (Å²) in [6.45, 7) is 11.0. The number of hydrogen-bond donors (Lipinski definition) is 0. The van der Waals surface area contributed by atoms with Gasteiger partial charge < -0.3 is 4.42 Å². The van der Waals surface area contributed by atoms with Crippen molar-refractivity contribution < 1.29 is 4.42 Å². The molecule has 0 N–H and O–H groups in total. The first-order valence-electron chi connectivity index (χ1n) is 8.26. The van der Waals surface area contributed by atoms with Crippen molar-refractivity contribution in [1.82, 2.24) is 10.2 Å². The molecule has 1 aromatic heterocycles. The van der Waals surface area contributed by atoms with Crippen LogP contribution in [0.1, 0.15) is 40.5 Å². The minimum Gasteiger partial charge on any atom is -0.420 e. The van der Waals surface area contributed by atoms with E-state index in [-0.39, 0.29) is 5.41 Å². The minimum atomic E-state index is -0.123. The molecule has 1 heterocycles.